The molecule has 35 heavy (non-hydrogen) atoms. The summed E-state index contributed by atoms with van der Waals surface area (Å²) in [5, 5.41) is 2.83. The Balaban J connectivity index is 1.35. The number of epoxide rings is 1. The fourth-order valence-corrected chi connectivity index (χ4v) is 4.28. The smallest absolute Gasteiger partial charge is 0.409 e. The molecule has 3 heterocycles. The highest BCUT2D eigenvalue weighted by Crippen LogP contribution is 2.46. The van der Waals surface area contributed by atoms with E-state index in [1.807, 2.05) is 6.92 Å². The molecule has 3 aliphatic heterocycles. The Morgan fingerprint density at radius 2 is 1.89 bits per heavy atom. The Hall–Kier alpha value is -2.20. The van der Waals surface area contributed by atoms with Gasteiger partial charge in [-0.05, 0) is 33.8 Å². The molecule has 1 spiro atoms. The van der Waals surface area contributed by atoms with Crippen LogP contribution in [0.5, 0.6) is 0 Å². The van der Waals surface area contributed by atoms with Gasteiger partial charge in [0.25, 0.3) is 0 Å². The summed E-state index contributed by atoms with van der Waals surface area (Å²) in [5.74, 6) is -0.291. The highest BCUT2D eigenvalue weighted by atomic mass is 16.7. The highest BCUT2D eigenvalue weighted by molar-refractivity contribution is 5.87. The van der Waals surface area contributed by atoms with Crippen LogP contribution >= 0.6 is 0 Å². The van der Waals surface area contributed by atoms with E-state index in [-0.39, 0.29) is 35.5 Å². The minimum Gasteiger partial charge on any atom is -0.442 e. The summed E-state index contributed by atoms with van der Waals surface area (Å²) < 4.78 is 28.5. The molecule has 3 unspecified atom stereocenters. The predicted octanol–water partition coefficient (Wildman–Crippen LogP) is 3.11. The molecule has 3 fully saturated rings. The molecule has 2 amide bonds. The highest BCUT2D eigenvalue weighted by Gasteiger charge is 2.53. The summed E-state index contributed by atoms with van der Waals surface area (Å²) in [6, 6.07) is -0.239. The molecule has 3 atom stereocenters. The van der Waals surface area contributed by atoms with Gasteiger partial charge in [0.1, 0.15) is 6.10 Å². The number of amides is 2. The maximum Gasteiger partial charge on any atom is 0.409 e. The van der Waals surface area contributed by atoms with E-state index in [2.05, 4.69) is 37.4 Å². The van der Waals surface area contributed by atoms with Gasteiger partial charge in [0, 0.05) is 39.4 Å². The number of nitrogens with zero attached hydrogens (tertiary/aromatic N) is 1. The van der Waals surface area contributed by atoms with E-state index in [4.69, 9.17) is 23.7 Å². The number of nitrogens with one attached hydrogen (secondary N) is 1. The lowest BCUT2D eigenvalue weighted by Gasteiger charge is -2.38. The maximum atomic E-state index is 12.1. The molecule has 0 saturated carbocycles. The van der Waals surface area contributed by atoms with Gasteiger partial charge in [0.2, 0.25) is 5.91 Å². The van der Waals surface area contributed by atoms with E-state index in [0.29, 0.717) is 19.6 Å². The zero-order valence-electron chi connectivity index (χ0n) is 21.7. The fourth-order valence-electron chi connectivity index (χ4n) is 4.28. The largest absolute Gasteiger partial charge is 0.442 e. The average Bonchev–Trinajstić information content (AvgIpc) is 3.51. The van der Waals surface area contributed by atoms with Gasteiger partial charge in [0.15, 0.2) is 6.29 Å². The van der Waals surface area contributed by atoms with Gasteiger partial charge in [-0.1, -0.05) is 23.8 Å². The van der Waals surface area contributed by atoms with Gasteiger partial charge < -0.3 is 33.9 Å². The van der Waals surface area contributed by atoms with Crippen molar-refractivity contribution in [2.75, 3.05) is 33.9 Å². The van der Waals surface area contributed by atoms with Crippen LogP contribution in [0, 0.1) is 0 Å². The molecule has 0 aromatic rings. The van der Waals surface area contributed by atoms with Crippen LogP contribution in [0.2, 0.25) is 0 Å². The van der Waals surface area contributed by atoms with Crippen molar-refractivity contribution in [1.29, 1.82) is 0 Å². The first-order valence-electron chi connectivity index (χ1n) is 12.2. The molecule has 3 saturated heterocycles. The van der Waals surface area contributed by atoms with E-state index in [1.165, 1.54) is 17.1 Å². The summed E-state index contributed by atoms with van der Waals surface area (Å²) in [6.45, 7) is 9.53. The van der Waals surface area contributed by atoms with Crippen molar-refractivity contribution in [2.45, 2.75) is 82.7 Å². The molecule has 0 bridgehead atoms. The summed E-state index contributed by atoms with van der Waals surface area (Å²) in [6.07, 6.45) is 10.3. The van der Waals surface area contributed by atoms with Crippen molar-refractivity contribution < 1.29 is 33.3 Å². The fraction of sp³-hybridized carbons (Fsp3) is 0.692. The number of ether oxygens (including phenoxy) is 5. The normalized spacial score (nSPS) is 31.5. The third-order valence-electron chi connectivity index (χ3n) is 6.03. The number of allylic oxidation sites excluding steroid dienone is 2. The minimum absolute atomic E-state index is 0.0110. The number of hydrogen-bond acceptors (Lipinski definition) is 7. The number of rotatable bonds is 8. The van der Waals surface area contributed by atoms with Gasteiger partial charge in [-0.25, -0.2) is 4.79 Å². The van der Waals surface area contributed by atoms with E-state index in [0.717, 1.165) is 25.0 Å². The Kier molecular flexibility index (Phi) is 9.15. The SMILES string of the molecule is CC(C=CC1CC2(CO2)CC(C)(C)O1)=CCC1OCC(NC(=O)C=CC(C)OC(=O)N(C)C)CO1. The Bertz CT molecular complexity index is 831. The van der Waals surface area contributed by atoms with Crippen molar-refractivity contribution in [3.8, 4) is 0 Å². The molecule has 9 heteroatoms. The van der Waals surface area contributed by atoms with E-state index >= 15 is 0 Å². The van der Waals surface area contributed by atoms with E-state index in [1.54, 1.807) is 21.0 Å². The molecule has 1 N–H and O–H groups in total. The minimum atomic E-state index is -0.512. The molecular formula is C26H40N2O7. The lowest BCUT2D eigenvalue weighted by molar-refractivity contribution is -0.187. The predicted molar refractivity (Wildman–Crippen MR) is 131 cm³/mol. The van der Waals surface area contributed by atoms with Crippen molar-refractivity contribution in [3.05, 3.63) is 36.0 Å². The van der Waals surface area contributed by atoms with E-state index < -0.39 is 12.2 Å². The third-order valence-corrected chi connectivity index (χ3v) is 6.03. The Morgan fingerprint density at radius 3 is 2.51 bits per heavy atom. The number of hydrogen-bond donors (Lipinski definition) is 1. The Labute approximate surface area is 208 Å². The van der Waals surface area contributed by atoms with Gasteiger partial charge in [-0.3, -0.25) is 4.79 Å². The van der Waals surface area contributed by atoms with Crippen LogP contribution in [-0.2, 0) is 28.5 Å². The van der Waals surface area contributed by atoms with Crippen LogP contribution in [0.15, 0.2) is 36.0 Å². The van der Waals surface area contributed by atoms with Crippen LogP contribution in [0.3, 0.4) is 0 Å². The molecule has 0 aromatic heterocycles. The molecule has 3 rings (SSSR count). The van der Waals surface area contributed by atoms with Crippen molar-refractivity contribution >= 4 is 12.0 Å². The second kappa shape index (κ2) is 11.7. The molecule has 3 aliphatic rings. The molecule has 0 aliphatic carbocycles. The average molecular weight is 493 g/mol. The van der Waals surface area contributed by atoms with Crippen LogP contribution in [0.1, 0.15) is 47.0 Å². The molecular weight excluding hydrogens is 452 g/mol. The summed E-state index contributed by atoms with van der Waals surface area (Å²) in [7, 11) is 3.20. The second-order valence-electron chi connectivity index (χ2n) is 10.5. The Morgan fingerprint density at radius 1 is 1.20 bits per heavy atom. The van der Waals surface area contributed by atoms with Crippen molar-refractivity contribution in [3.63, 3.8) is 0 Å². The number of carbonyl (C=O) groups excluding carboxylic acids is 2. The second-order valence-corrected chi connectivity index (χ2v) is 10.5. The lowest BCUT2D eigenvalue weighted by atomic mass is 9.85. The van der Waals surface area contributed by atoms with Crippen molar-refractivity contribution in [2.24, 2.45) is 0 Å². The molecule has 0 aromatic carbocycles. The monoisotopic (exact) mass is 492 g/mol. The van der Waals surface area contributed by atoms with Gasteiger partial charge in [0.05, 0.1) is 43.2 Å². The standard InChI is InChI=1S/C26H40N2O7/c1-18(7-10-21-13-26(17-33-26)16-25(3,4)35-21)8-12-23-31-14-20(15-32-23)27-22(29)11-9-19(2)34-24(30)28(5)6/h7-11,19-21,23H,12-17H2,1-6H3,(H,27,29). The first-order valence-corrected chi connectivity index (χ1v) is 12.2. The molecule has 9 nitrogen and oxygen atoms in total. The zero-order chi connectivity index (χ0) is 25.6. The topological polar surface area (TPSA) is 98.9 Å². The van der Waals surface area contributed by atoms with E-state index in [9.17, 15) is 9.59 Å². The summed E-state index contributed by atoms with van der Waals surface area (Å²) >= 11 is 0. The van der Waals surface area contributed by atoms with Gasteiger partial charge in [-0.15, -0.1) is 0 Å². The summed E-state index contributed by atoms with van der Waals surface area (Å²) in [4.78, 5) is 25.0. The molecule has 0 radical (unpaired) electrons. The quantitative estimate of drug-likeness (QED) is 0.316. The lowest BCUT2D eigenvalue weighted by Crippen LogP contribution is -2.46. The molecule has 196 valence electrons. The van der Waals surface area contributed by atoms with Crippen LogP contribution in [0.4, 0.5) is 4.79 Å². The third kappa shape index (κ3) is 9.07. The van der Waals surface area contributed by atoms with Crippen LogP contribution in [-0.4, -0.2) is 86.6 Å². The maximum absolute atomic E-state index is 12.1. The first-order chi connectivity index (χ1) is 16.5. The van der Waals surface area contributed by atoms with Crippen LogP contribution in [0.25, 0.3) is 0 Å². The van der Waals surface area contributed by atoms with Gasteiger partial charge >= 0.3 is 6.09 Å². The van der Waals surface area contributed by atoms with Crippen molar-refractivity contribution in [1.82, 2.24) is 10.2 Å². The first kappa shape index (κ1) is 27.4. The van der Waals surface area contributed by atoms with Gasteiger partial charge in [-0.2, -0.15) is 0 Å². The number of carbonyl (C=O) groups is 2. The summed E-state index contributed by atoms with van der Waals surface area (Å²) in [5.41, 5.74) is 0.945. The van der Waals surface area contributed by atoms with Crippen LogP contribution < -0.4 is 5.32 Å². The zero-order valence-corrected chi connectivity index (χ0v) is 21.7.